The fourth-order valence-electron chi connectivity index (χ4n) is 1.99. The molecule has 0 aromatic heterocycles. The lowest BCUT2D eigenvalue weighted by atomic mass is 10.0. The zero-order valence-electron chi connectivity index (χ0n) is 11.5. The Bertz CT molecular complexity index is 613. The van der Waals surface area contributed by atoms with Gasteiger partial charge >= 0.3 is 0 Å². The predicted octanol–water partition coefficient (Wildman–Crippen LogP) is 5.09. The highest BCUT2D eigenvalue weighted by atomic mass is 79.9. The Kier molecular flexibility index (Phi) is 5.08. The maximum atomic E-state index is 6.16. The molecule has 0 radical (unpaired) electrons. The van der Waals surface area contributed by atoms with E-state index in [9.17, 15) is 0 Å². The summed E-state index contributed by atoms with van der Waals surface area (Å²) in [5, 5.41) is 0.584. The summed E-state index contributed by atoms with van der Waals surface area (Å²) in [5.41, 5.74) is 8.18. The van der Waals surface area contributed by atoms with Crippen molar-refractivity contribution in [3.8, 4) is 11.5 Å². The fourth-order valence-corrected chi connectivity index (χ4v) is 2.48. The van der Waals surface area contributed by atoms with Crippen LogP contribution in [0.15, 0.2) is 40.9 Å². The SMILES string of the molecule is Cc1ccc(Oc2cc(Br)ccc2Cl)c(CC(C)N)c1. The molecule has 0 bridgehead atoms. The van der Waals surface area contributed by atoms with Gasteiger partial charge in [-0.1, -0.05) is 45.2 Å². The number of halogens is 2. The molecule has 0 aliphatic rings. The van der Waals surface area contributed by atoms with Gasteiger partial charge < -0.3 is 10.5 Å². The van der Waals surface area contributed by atoms with Crippen LogP contribution in [0.1, 0.15) is 18.1 Å². The average Bonchev–Trinajstić information content (AvgIpc) is 2.36. The molecular weight excluding hydrogens is 338 g/mol. The maximum absolute atomic E-state index is 6.16. The van der Waals surface area contributed by atoms with Crippen molar-refractivity contribution < 1.29 is 4.74 Å². The Morgan fingerprint density at radius 1 is 1.20 bits per heavy atom. The van der Waals surface area contributed by atoms with Gasteiger partial charge in [-0.2, -0.15) is 0 Å². The van der Waals surface area contributed by atoms with Crippen LogP contribution < -0.4 is 10.5 Å². The summed E-state index contributed by atoms with van der Waals surface area (Å²) >= 11 is 9.59. The van der Waals surface area contributed by atoms with E-state index in [0.29, 0.717) is 10.8 Å². The highest BCUT2D eigenvalue weighted by Gasteiger charge is 2.10. The molecule has 0 saturated carbocycles. The minimum atomic E-state index is 0.0807. The van der Waals surface area contributed by atoms with E-state index in [4.69, 9.17) is 22.1 Å². The van der Waals surface area contributed by atoms with E-state index in [1.165, 1.54) is 5.56 Å². The van der Waals surface area contributed by atoms with E-state index < -0.39 is 0 Å². The van der Waals surface area contributed by atoms with Gasteiger partial charge in [0.2, 0.25) is 0 Å². The first-order valence-corrected chi connectivity index (χ1v) is 7.61. The number of nitrogens with two attached hydrogens (primary N) is 1. The van der Waals surface area contributed by atoms with Gasteiger partial charge in [-0.05, 0) is 50.1 Å². The quantitative estimate of drug-likeness (QED) is 0.829. The van der Waals surface area contributed by atoms with Crippen molar-refractivity contribution in [3.05, 3.63) is 57.0 Å². The summed E-state index contributed by atoms with van der Waals surface area (Å²) in [6.45, 7) is 4.04. The van der Waals surface area contributed by atoms with E-state index >= 15 is 0 Å². The van der Waals surface area contributed by atoms with Gasteiger partial charge in [-0.3, -0.25) is 0 Å². The van der Waals surface area contributed by atoms with E-state index in [1.807, 2.05) is 31.2 Å². The first-order chi connectivity index (χ1) is 9.45. The van der Waals surface area contributed by atoms with Gasteiger partial charge in [-0.25, -0.2) is 0 Å². The second-order valence-electron chi connectivity index (χ2n) is 4.97. The van der Waals surface area contributed by atoms with Crippen LogP contribution in [-0.2, 0) is 6.42 Å². The molecule has 0 spiro atoms. The summed E-state index contributed by atoms with van der Waals surface area (Å²) < 4.78 is 6.89. The van der Waals surface area contributed by atoms with E-state index in [0.717, 1.165) is 22.2 Å². The van der Waals surface area contributed by atoms with Crippen molar-refractivity contribution in [2.75, 3.05) is 0 Å². The number of hydrogen-bond donors (Lipinski definition) is 1. The number of aryl methyl sites for hydroxylation is 1. The topological polar surface area (TPSA) is 35.2 Å². The Balaban J connectivity index is 2.35. The Labute approximate surface area is 133 Å². The Morgan fingerprint density at radius 2 is 1.95 bits per heavy atom. The molecule has 0 fully saturated rings. The molecule has 0 heterocycles. The second kappa shape index (κ2) is 6.61. The normalized spacial score (nSPS) is 12.2. The largest absolute Gasteiger partial charge is 0.455 e. The molecule has 0 aliphatic carbocycles. The Hall–Kier alpha value is -1.03. The van der Waals surface area contributed by atoms with E-state index in [2.05, 4.69) is 28.9 Å². The van der Waals surface area contributed by atoms with Gasteiger partial charge in [0.05, 0.1) is 5.02 Å². The standard InChI is InChI=1S/C16H17BrClNO/c1-10-3-6-15(12(7-10)8-11(2)19)20-16-9-13(17)4-5-14(16)18/h3-7,9,11H,8,19H2,1-2H3. The zero-order chi connectivity index (χ0) is 14.7. The van der Waals surface area contributed by atoms with Crippen molar-refractivity contribution in [1.29, 1.82) is 0 Å². The smallest absolute Gasteiger partial charge is 0.147 e. The van der Waals surface area contributed by atoms with Crippen LogP contribution in [-0.4, -0.2) is 6.04 Å². The minimum Gasteiger partial charge on any atom is -0.455 e. The summed E-state index contributed by atoms with van der Waals surface area (Å²) in [5.74, 6) is 1.43. The molecule has 0 aliphatic heterocycles. The summed E-state index contributed by atoms with van der Waals surface area (Å²) in [6, 6.07) is 11.7. The van der Waals surface area contributed by atoms with Crippen LogP contribution in [0.25, 0.3) is 0 Å². The van der Waals surface area contributed by atoms with Crippen molar-refractivity contribution in [3.63, 3.8) is 0 Å². The predicted molar refractivity (Wildman–Crippen MR) is 87.8 cm³/mol. The van der Waals surface area contributed by atoms with Crippen molar-refractivity contribution in [1.82, 2.24) is 0 Å². The highest BCUT2D eigenvalue weighted by molar-refractivity contribution is 9.10. The summed E-state index contributed by atoms with van der Waals surface area (Å²) in [6.07, 6.45) is 0.767. The molecule has 2 aromatic carbocycles. The maximum Gasteiger partial charge on any atom is 0.147 e. The molecule has 2 nitrogen and oxygen atoms in total. The lowest BCUT2D eigenvalue weighted by Crippen LogP contribution is -2.18. The molecular formula is C16H17BrClNO. The van der Waals surface area contributed by atoms with E-state index in [1.54, 1.807) is 6.07 Å². The first-order valence-electron chi connectivity index (χ1n) is 6.43. The number of benzene rings is 2. The van der Waals surface area contributed by atoms with Gasteiger partial charge in [-0.15, -0.1) is 0 Å². The molecule has 1 unspecified atom stereocenters. The van der Waals surface area contributed by atoms with Crippen molar-refractivity contribution in [2.45, 2.75) is 26.3 Å². The summed E-state index contributed by atoms with van der Waals surface area (Å²) in [4.78, 5) is 0. The molecule has 0 amide bonds. The van der Waals surface area contributed by atoms with Crippen LogP contribution >= 0.6 is 27.5 Å². The highest BCUT2D eigenvalue weighted by Crippen LogP contribution is 2.34. The molecule has 20 heavy (non-hydrogen) atoms. The third kappa shape index (κ3) is 3.98. The zero-order valence-corrected chi connectivity index (χ0v) is 13.8. The first kappa shape index (κ1) is 15.4. The van der Waals surface area contributed by atoms with E-state index in [-0.39, 0.29) is 6.04 Å². The number of rotatable bonds is 4. The van der Waals surface area contributed by atoms with Gasteiger partial charge in [0, 0.05) is 10.5 Å². The minimum absolute atomic E-state index is 0.0807. The average molecular weight is 355 g/mol. The van der Waals surface area contributed by atoms with Gasteiger partial charge in [0.15, 0.2) is 0 Å². The molecule has 2 rings (SSSR count). The Morgan fingerprint density at radius 3 is 2.65 bits per heavy atom. The van der Waals surface area contributed by atoms with Gasteiger partial charge in [0.1, 0.15) is 11.5 Å². The van der Waals surface area contributed by atoms with Crippen LogP contribution in [0.2, 0.25) is 5.02 Å². The molecule has 0 saturated heterocycles. The van der Waals surface area contributed by atoms with Gasteiger partial charge in [0.25, 0.3) is 0 Å². The monoisotopic (exact) mass is 353 g/mol. The number of ether oxygens (including phenoxy) is 1. The van der Waals surface area contributed by atoms with Crippen LogP contribution in [0.5, 0.6) is 11.5 Å². The van der Waals surface area contributed by atoms with Crippen LogP contribution in [0.4, 0.5) is 0 Å². The van der Waals surface area contributed by atoms with Crippen LogP contribution in [0, 0.1) is 6.92 Å². The lowest BCUT2D eigenvalue weighted by molar-refractivity contribution is 0.473. The van der Waals surface area contributed by atoms with Crippen molar-refractivity contribution in [2.24, 2.45) is 5.73 Å². The molecule has 4 heteroatoms. The molecule has 106 valence electrons. The van der Waals surface area contributed by atoms with Crippen molar-refractivity contribution >= 4 is 27.5 Å². The third-order valence-electron chi connectivity index (χ3n) is 2.87. The van der Waals surface area contributed by atoms with Crippen LogP contribution in [0.3, 0.4) is 0 Å². The second-order valence-corrected chi connectivity index (χ2v) is 6.29. The fraction of sp³-hybridized carbons (Fsp3) is 0.250. The molecule has 2 N–H and O–H groups in total. The molecule has 2 aromatic rings. The summed E-state index contributed by atoms with van der Waals surface area (Å²) in [7, 11) is 0. The lowest BCUT2D eigenvalue weighted by Gasteiger charge is -2.14. The number of hydrogen-bond acceptors (Lipinski definition) is 2. The third-order valence-corrected chi connectivity index (χ3v) is 3.68. The molecule has 1 atom stereocenters.